The molecule has 4 aliphatic rings. The summed E-state index contributed by atoms with van der Waals surface area (Å²) in [6.07, 6.45) is 5.62. The van der Waals surface area contributed by atoms with E-state index in [2.05, 4.69) is 5.32 Å². The van der Waals surface area contributed by atoms with Crippen LogP contribution in [0.2, 0.25) is 0 Å². The Morgan fingerprint density at radius 3 is 1.88 bits per heavy atom. The molecule has 2 bridgehead atoms. The topological polar surface area (TPSA) is 332 Å². The molecule has 2 saturated heterocycles. The summed E-state index contributed by atoms with van der Waals surface area (Å²) in [6.45, 7) is 3.20. The maximum Gasteiger partial charge on any atom is 0.308 e. The molecule has 1 saturated carbocycles. The van der Waals surface area contributed by atoms with Gasteiger partial charge in [0.15, 0.2) is 12.1 Å². The molecular weight excluding hydrogens is 889 g/mol. The average Bonchev–Trinajstić information content (AvgIpc) is 3.23. The number of hydrogen-bond acceptors (Lipinski definition) is 18. The minimum Gasteiger partial charge on any atom is -0.462 e. The van der Waals surface area contributed by atoms with Crippen LogP contribution >= 0.6 is 0 Å². The molecule has 384 valence electrons. The molecule has 19 nitrogen and oxygen atoms in total. The van der Waals surface area contributed by atoms with E-state index in [1.165, 1.54) is 0 Å². The van der Waals surface area contributed by atoms with E-state index in [-0.39, 0.29) is 50.7 Å². The molecule has 68 heavy (non-hydrogen) atoms. The van der Waals surface area contributed by atoms with Crippen molar-refractivity contribution in [3.05, 3.63) is 85.1 Å². The van der Waals surface area contributed by atoms with Gasteiger partial charge in [-0.25, -0.2) is 0 Å². The lowest BCUT2D eigenvalue weighted by atomic mass is 9.81. The van der Waals surface area contributed by atoms with Gasteiger partial charge in [-0.1, -0.05) is 92.0 Å². The first-order valence-electron chi connectivity index (χ1n) is 23.6. The summed E-state index contributed by atoms with van der Waals surface area (Å²) in [5, 5.41) is 121. The summed E-state index contributed by atoms with van der Waals surface area (Å²) in [5.41, 5.74) is 6.00. The number of cyclic esters (lactones) is 1. The number of rotatable bonds is 4. The van der Waals surface area contributed by atoms with Crippen LogP contribution in [0.5, 0.6) is 0 Å². The van der Waals surface area contributed by atoms with Crippen molar-refractivity contribution in [1.82, 2.24) is 5.32 Å². The first-order chi connectivity index (χ1) is 32.2. The van der Waals surface area contributed by atoms with Crippen LogP contribution in [0.15, 0.2) is 85.1 Å². The molecule has 0 radical (unpaired) electrons. The number of fused-ring (bicyclic) bond motifs is 2. The number of nitrogens with one attached hydrogen (secondary N) is 1. The number of carbonyl (C=O) groups is 2. The first kappa shape index (κ1) is 57.1. The Morgan fingerprint density at radius 1 is 0.662 bits per heavy atom. The Bertz CT molecular complexity index is 1750. The number of nitrogens with two attached hydrogens (primary N) is 1. The van der Waals surface area contributed by atoms with Crippen LogP contribution in [-0.4, -0.2) is 178 Å². The van der Waals surface area contributed by atoms with Gasteiger partial charge in [0.25, 0.3) is 0 Å². The molecule has 3 heterocycles. The van der Waals surface area contributed by atoms with Crippen LogP contribution in [-0.2, 0) is 28.5 Å². The SMILES string of the molecule is C[C@H]1C[C@H](O)[C@@H](C)/C=C/C=C/C=C/C=C/C=C/C=C/C=C/C(O[C@@H]2OC[C@@H](O)[C@H](N)[C@@H]2O)C[C@@H]2OC(O)(CC(O)CC(O)C(O)CCC(O)CC(O)CC(=O)O1)C[C@H](O)C2C(=O)NC1CC(O)C1. The lowest BCUT2D eigenvalue weighted by molar-refractivity contribution is -0.304. The van der Waals surface area contributed by atoms with Crippen molar-refractivity contribution < 1.29 is 84.7 Å². The number of aliphatic hydroxyl groups is 11. The van der Waals surface area contributed by atoms with Crippen molar-refractivity contribution in [2.45, 2.75) is 188 Å². The summed E-state index contributed by atoms with van der Waals surface area (Å²) >= 11 is 0. The van der Waals surface area contributed by atoms with Gasteiger partial charge in [-0.2, -0.15) is 0 Å². The average molecular weight is 965 g/mol. The van der Waals surface area contributed by atoms with E-state index in [0.717, 1.165) is 0 Å². The van der Waals surface area contributed by atoms with Crippen LogP contribution < -0.4 is 11.1 Å². The molecule has 0 aromatic carbocycles. The zero-order valence-electron chi connectivity index (χ0n) is 38.9. The molecule has 0 aromatic rings. The van der Waals surface area contributed by atoms with Crippen molar-refractivity contribution in [3.63, 3.8) is 0 Å². The molecule has 1 aliphatic carbocycles. The maximum absolute atomic E-state index is 13.8. The molecule has 3 aliphatic heterocycles. The Balaban J connectivity index is 1.56. The first-order valence-corrected chi connectivity index (χ1v) is 23.6. The minimum atomic E-state index is -2.28. The molecule has 19 heteroatoms. The molecular formula is C49H76N2O17. The van der Waals surface area contributed by atoms with Gasteiger partial charge in [0, 0.05) is 44.1 Å². The van der Waals surface area contributed by atoms with Crippen molar-refractivity contribution in [1.29, 1.82) is 0 Å². The van der Waals surface area contributed by atoms with Gasteiger partial charge in [-0.15, -0.1) is 0 Å². The molecule has 8 unspecified atom stereocenters. The highest BCUT2D eigenvalue weighted by molar-refractivity contribution is 5.80. The second-order valence-corrected chi connectivity index (χ2v) is 18.7. The Kier molecular flexibility index (Phi) is 23.8. The molecule has 14 N–H and O–H groups in total. The summed E-state index contributed by atoms with van der Waals surface area (Å²) < 4.78 is 23.3. The van der Waals surface area contributed by atoms with E-state index >= 15 is 0 Å². The number of esters is 1. The summed E-state index contributed by atoms with van der Waals surface area (Å²) in [5.74, 6) is -5.18. The zero-order chi connectivity index (χ0) is 50.0. The fourth-order valence-electron chi connectivity index (χ4n) is 8.51. The number of aliphatic hydroxyl groups excluding tert-OH is 10. The van der Waals surface area contributed by atoms with Crippen LogP contribution in [0.1, 0.15) is 84.5 Å². The van der Waals surface area contributed by atoms with Gasteiger partial charge in [0.05, 0.1) is 92.1 Å². The largest absolute Gasteiger partial charge is 0.462 e. The highest BCUT2D eigenvalue weighted by Crippen LogP contribution is 2.38. The molecule has 3 fully saturated rings. The van der Waals surface area contributed by atoms with Crippen LogP contribution in [0.3, 0.4) is 0 Å². The van der Waals surface area contributed by atoms with Gasteiger partial charge < -0.3 is 86.2 Å². The van der Waals surface area contributed by atoms with E-state index in [9.17, 15) is 65.8 Å². The van der Waals surface area contributed by atoms with E-state index in [1.54, 1.807) is 61.6 Å². The fourth-order valence-corrected chi connectivity index (χ4v) is 8.51. The maximum atomic E-state index is 13.8. The zero-order valence-corrected chi connectivity index (χ0v) is 38.9. The van der Waals surface area contributed by atoms with Gasteiger partial charge in [-0.3, -0.25) is 9.59 Å². The molecule has 17 atom stereocenters. The van der Waals surface area contributed by atoms with Crippen molar-refractivity contribution in [2.24, 2.45) is 17.6 Å². The second kappa shape index (κ2) is 28.4. The molecule has 4 rings (SSSR count). The fraction of sp³-hybridized carbons (Fsp3) is 0.673. The number of ether oxygens (including phenoxy) is 4. The Morgan fingerprint density at radius 2 is 1.26 bits per heavy atom. The highest BCUT2D eigenvalue weighted by Gasteiger charge is 2.51. The van der Waals surface area contributed by atoms with E-state index in [0.29, 0.717) is 12.8 Å². The third kappa shape index (κ3) is 19.4. The molecule has 1 amide bonds. The predicted octanol–water partition coefficient (Wildman–Crippen LogP) is -0.368. The van der Waals surface area contributed by atoms with Gasteiger partial charge >= 0.3 is 5.97 Å². The monoisotopic (exact) mass is 965 g/mol. The molecule has 0 spiro atoms. The lowest BCUT2D eigenvalue weighted by Gasteiger charge is -2.46. The van der Waals surface area contributed by atoms with Crippen molar-refractivity contribution in [2.75, 3.05) is 6.61 Å². The minimum absolute atomic E-state index is 0.0965. The van der Waals surface area contributed by atoms with Crippen LogP contribution in [0.4, 0.5) is 0 Å². The normalized spacial score (nSPS) is 44.9. The quantitative estimate of drug-likeness (QED) is 0.160. The predicted molar refractivity (Wildman–Crippen MR) is 247 cm³/mol. The van der Waals surface area contributed by atoms with Crippen molar-refractivity contribution in [3.8, 4) is 0 Å². The number of carbonyl (C=O) groups excluding carboxylic acids is 2. The third-order valence-corrected chi connectivity index (χ3v) is 12.5. The third-order valence-electron chi connectivity index (χ3n) is 12.5. The van der Waals surface area contributed by atoms with E-state index in [1.807, 2.05) is 37.3 Å². The Labute approximate surface area is 398 Å². The summed E-state index contributed by atoms with van der Waals surface area (Å²) in [4.78, 5) is 26.3. The van der Waals surface area contributed by atoms with Crippen LogP contribution in [0, 0.1) is 11.8 Å². The van der Waals surface area contributed by atoms with Crippen LogP contribution in [0.25, 0.3) is 0 Å². The molecule has 0 aromatic heterocycles. The van der Waals surface area contributed by atoms with Crippen molar-refractivity contribution >= 4 is 11.9 Å². The van der Waals surface area contributed by atoms with E-state index < -0.39 is 141 Å². The van der Waals surface area contributed by atoms with Gasteiger partial charge in [0.1, 0.15) is 12.2 Å². The smallest absolute Gasteiger partial charge is 0.308 e. The van der Waals surface area contributed by atoms with E-state index in [4.69, 9.17) is 24.7 Å². The summed E-state index contributed by atoms with van der Waals surface area (Å²) in [6, 6.07) is -1.49. The highest BCUT2D eigenvalue weighted by atomic mass is 16.7. The number of hydrogen-bond donors (Lipinski definition) is 13. The lowest BCUT2D eigenvalue weighted by Crippen LogP contribution is -2.60. The summed E-state index contributed by atoms with van der Waals surface area (Å²) in [7, 11) is 0. The van der Waals surface area contributed by atoms with Gasteiger partial charge in [0.2, 0.25) is 5.91 Å². The number of amides is 1. The second-order valence-electron chi connectivity index (χ2n) is 18.7. The van der Waals surface area contributed by atoms with Gasteiger partial charge in [-0.05, 0) is 39.0 Å². The Hall–Kier alpha value is -3.48. The number of allylic oxidation sites excluding steroid dienone is 12. The standard InChI is InChI=1S/C49H76N2O17/c1-29-15-13-11-9-7-5-3-4-6-8-10-12-14-16-36(67-48-46(62)45(50)41(60)28-65-48)25-42-44(47(63)51-31-20-33(53)21-31)40(59)27-49(64,68-42)26-35(55)23-39(58)37(56)18-17-32(52)22-34(54)24-43(61)66-30(2)19-38(29)57/h3-16,29-42,44-46,48,52-60,62,64H,17-28,50H2,1-2H3,(H,51,63)/b4-3+,7-5+,8-6+,11-9+,12-10+,15-13+,16-14+/t29-,30-,31?,32?,33?,34?,35?,36?,37?,38-,39?,40-,41+,42-,44?,45-,46-,48-,49?/m0/s1.